The molecule has 136 valence electrons. The smallest absolute Gasteiger partial charge is 0.274 e. The van der Waals surface area contributed by atoms with Crippen LogP contribution in [0.2, 0.25) is 0 Å². The lowest BCUT2D eigenvalue weighted by atomic mass is 10.1. The van der Waals surface area contributed by atoms with Crippen LogP contribution < -0.4 is 4.90 Å². The minimum Gasteiger partial charge on any atom is -0.364 e. The van der Waals surface area contributed by atoms with E-state index >= 15 is 0 Å². The molecule has 1 aromatic carbocycles. The molecule has 2 atom stereocenters. The zero-order valence-electron chi connectivity index (χ0n) is 15.0. The number of aromatic nitrogens is 2. The van der Waals surface area contributed by atoms with Gasteiger partial charge in [-0.2, -0.15) is 5.10 Å². The van der Waals surface area contributed by atoms with Gasteiger partial charge in [0.15, 0.2) is 5.69 Å². The third-order valence-electron chi connectivity index (χ3n) is 5.08. The van der Waals surface area contributed by atoms with Gasteiger partial charge >= 0.3 is 0 Å². The molecule has 0 aliphatic carbocycles. The minimum atomic E-state index is -0.175. The van der Waals surface area contributed by atoms with Crippen LogP contribution in [0.15, 0.2) is 36.4 Å². The average molecular weight is 354 g/mol. The molecule has 26 heavy (non-hydrogen) atoms. The van der Waals surface area contributed by atoms with Gasteiger partial charge in [-0.1, -0.05) is 18.2 Å². The van der Waals surface area contributed by atoms with Gasteiger partial charge in [0.05, 0.1) is 12.1 Å². The highest BCUT2D eigenvalue weighted by Crippen LogP contribution is 2.29. The third kappa shape index (κ3) is 2.78. The molecule has 3 heterocycles. The van der Waals surface area contributed by atoms with Crippen molar-refractivity contribution >= 4 is 17.5 Å². The van der Waals surface area contributed by atoms with E-state index in [2.05, 4.69) is 5.10 Å². The summed E-state index contributed by atoms with van der Waals surface area (Å²) in [7, 11) is 0. The van der Waals surface area contributed by atoms with Crippen LogP contribution in [0.4, 0.5) is 5.69 Å². The summed E-state index contributed by atoms with van der Waals surface area (Å²) in [6.45, 7) is 5.62. The Morgan fingerprint density at radius 3 is 2.73 bits per heavy atom. The van der Waals surface area contributed by atoms with Crippen molar-refractivity contribution in [1.82, 2.24) is 14.7 Å². The number of benzene rings is 1. The Morgan fingerprint density at radius 1 is 1.27 bits per heavy atom. The van der Waals surface area contributed by atoms with Gasteiger partial charge in [-0.3, -0.25) is 14.3 Å². The number of carbonyl (C=O) groups excluding carboxylic acids is 2. The molecule has 2 amide bonds. The molecule has 7 nitrogen and oxygen atoms in total. The number of amides is 2. The quantitative estimate of drug-likeness (QED) is 0.837. The van der Waals surface area contributed by atoms with Crippen molar-refractivity contribution in [2.75, 3.05) is 24.6 Å². The van der Waals surface area contributed by atoms with E-state index in [-0.39, 0.29) is 30.6 Å². The number of morpholine rings is 1. The van der Waals surface area contributed by atoms with E-state index in [0.29, 0.717) is 18.8 Å². The van der Waals surface area contributed by atoms with Crippen molar-refractivity contribution in [2.24, 2.45) is 0 Å². The highest BCUT2D eigenvalue weighted by atomic mass is 16.5. The number of hydrogen-bond donors (Lipinski definition) is 0. The molecule has 2 fully saturated rings. The van der Waals surface area contributed by atoms with Crippen molar-refractivity contribution < 1.29 is 14.3 Å². The maximum atomic E-state index is 12.9. The lowest BCUT2D eigenvalue weighted by molar-refractivity contribution is -0.130. The van der Waals surface area contributed by atoms with Crippen LogP contribution in [-0.4, -0.2) is 58.3 Å². The number of para-hydroxylation sites is 1. The molecular weight excluding hydrogens is 332 g/mol. The Kier molecular flexibility index (Phi) is 4.24. The second-order valence-electron chi connectivity index (χ2n) is 6.71. The number of likely N-dealkylation sites (tertiary alicyclic amines) is 1. The second-order valence-corrected chi connectivity index (χ2v) is 6.71. The zero-order valence-corrected chi connectivity index (χ0v) is 15.0. The maximum absolute atomic E-state index is 12.9. The standard InChI is InChI=1S/C19H22N4O3/c1-3-22-13(2)9-15(20-22)19(25)21-10-16-17(11-21)26-12-18(24)23(16)14-7-5-4-6-8-14/h4-9,16-17H,3,10-12H2,1-2H3/t16-,17-/m0/s1. The molecule has 0 radical (unpaired) electrons. The van der Waals surface area contributed by atoms with Gasteiger partial charge in [0.1, 0.15) is 6.61 Å². The summed E-state index contributed by atoms with van der Waals surface area (Å²) in [4.78, 5) is 28.9. The summed E-state index contributed by atoms with van der Waals surface area (Å²) in [6, 6.07) is 11.2. The predicted octanol–water partition coefficient (Wildman–Crippen LogP) is 1.47. The van der Waals surface area contributed by atoms with Gasteiger partial charge in [0.2, 0.25) is 0 Å². The third-order valence-corrected chi connectivity index (χ3v) is 5.08. The molecule has 2 aliphatic rings. The molecule has 2 aromatic rings. The summed E-state index contributed by atoms with van der Waals surface area (Å²) in [5.41, 5.74) is 2.25. The number of aryl methyl sites for hydroxylation is 2. The van der Waals surface area contributed by atoms with Gasteiger partial charge < -0.3 is 14.5 Å². The van der Waals surface area contributed by atoms with E-state index in [1.807, 2.05) is 54.9 Å². The van der Waals surface area contributed by atoms with Gasteiger partial charge in [-0.25, -0.2) is 0 Å². The van der Waals surface area contributed by atoms with Gasteiger partial charge in [0.25, 0.3) is 11.8 Å². The van der Waals surface area contributed by atoms with Crippen molar-refractivity contribution in [3.63, 3.8) is 0 Å². The van der Waals surface area contributed by atoms with E-state index in [1.54, 1.807) is 9.80 Å². The van der Waals surface area contributed by atoms with Crippen LogP contribution in [-0.2, 0) is 16.1 Å². The van der Waals surface area contributed by atoms with E-state index in [9.17, 15) is 9.59 Å². The van der Waals surface area contributed by atoms with Crippen molar-refractivity contribution in [1.29, 1.82) is 0 Å². The lowest BCUT2D eigenvalue weighted by Gasteiger charge is -2.36. The normalized spacial score (nSPS) is 22.6. The lowest BCUT2D eigenvalue weighted by Crippen LogP contribution is -2.54. The Balaban J connectivity index is 1.57. The van der Waals surface area contributed by atoms with Gasteiger partial charge in [-0.15, -0.1) is 0 Å². The Bertz CT molecular complexity index is 833. The Labute approximate surface area is 152 Å². The minimum absolute atomic E-state index is 0.0433. The molecule has 2 saturated heterocycles. The number of rotatable bonds is 3. The number of nitrogens with zero attached hydrogens (tertiary/aromatic N) is 4. The summed E-state index contributed by atoms with van der Waals surface area (Å²) < 4.78 is 7.53. The van der Waals surface area contributed by atoms with E-state index < -0.39 is 0 Å². The first-order valence-electron chi connectivity index (χ1n) is 8.91. The van der Waals surface area contributed by atoms with E-state index in [1.165, 1.54) is 0 Å². The number of carbonyl (C=O) groups is 2. The second kappa shape index (κ2) is 6.57. The van der Waals surface area contributed by atoms with Gasteiger partial charge in [0, 0.05) is 31.0 Å². The molecule has 4 rings (SSSR count). The average Bonchev–Trinajstić information content (AvgIpc) is 3.25. The zero-order chi connectivity index (χ0) is 18.3. The van der Waals surface area contributed by atoms with Crippen molar-refractivity contribution in [3.8, 4) is 0 Å². The van der Waals surface area contributed by atoms with Crippen molar-refractivity contribution in [3.05, 3.63) is 47.8 Å². The molecular formula is C19H22N4O3. The number of ether oxygens (including phenoxy) is 1. The molecule has 0 N–H and O–H groups in total. The first-order valence-corrected chi connectivity index (χ1v) is 8.91. The van der Waals surface area contributed by atoms with Gasteiger partial charge in [-0.05, 0) is 32.0 Å². The van der Waals surface area contributed by atoms with Crippen molar-refractivity contribution in [2.45, 2.75) is 32.5 Å². The first-order chi connectivity index (χ1) is 12.6. The Morgan fingerprint density at radius 2 is 2.04 bits per heavy atom. The summed E-state index contributed by atoms with van der Waals surface area (Å²) in [6.07, 6.45) is -0.175. The largest absolute Gasteiger partial charge is 0.364 e. The molecule has 0 unspecified atom stereocenters. The van der Waals surface area contributed by atoms with E-state index in [0.717, 1.165) is 17.9 Å². The van der Waals surface area contributed by atoms with Crippen LogP contribution in [0.5, 0.6) is 0 Å². The molecule has 2 aliphatic heterocycles. The maximum Gasteiger partial charge on any atom is 0.274 e. The highest BCUT2D eigenvalue weighted by molar-refractivity contribution is 5.97. The summed E-state index contributed by atoms with van der Waals surface area (Å²) >= 11 is 0. The topological polar surface area (TPSA) is 67.7 Å². The van der Waals surface area contributed by atoms with Crippen LogP contribution in [0.25, 0.3) is 0 Å². The molecule has 0 saturated carbocycles. The fraction of sp³-hybridized carbons (Fsp3) is 0.421. The molecule has 0 bridgehead atoms. The molecule has 0 spiro atoms. The SMILES string of the molecule is CCn1nc(C(=O)N2C[C@@H]3OCC(=O)N(c4ccccc4)[C@H]3C2)cc1C. The van der Waals surface area contributed by atoms with Crippen LogP contribution in [0, 0.1) is 6.92 Å². The van der Waals surface area contributed by atoms with Crippen LogP contribution >= 0.6 is 0 Å². The fourth-order valence-corrected chi connectivity index (χ4v) is 3.79. The highest BCUT2D eigenvalue weighted by Gasteiger charge is 2.45. The molecule has 7 heteroatoms. The summed E-state index contributed by atoms with van der Waals surface area (Å²) in [5, 5.41) is 4.39. The first kappa shape index (κ1) is 16.8. The number of anilines is 1. The van der Waals surface area contributed by atoms with Crippen LogP contribution in [0.3, 0.4) is 0 Å². The van der Waals surface area contributed by atoms with Crippen LogP contribution in [0.1, 0.15) is 23.1 Å². The monoisotopic (exact) mass is 354 g/mol. The predicted molar refractivity (Wildman–Crippen MR) is 96.0 cm³/mol. The molecule has 1 aromatic heterocycles. The van der Waals surface area contributed by atoms with E-state index in [4.69, 9.17) is 4.74 Å². The number of hydrogen-bond acceptors (Lipinski definition) is 4. The number of fused-ring (bicyclic) bond motifs is 1. The summed E-state index contributed by atoms with van der Waals surface area (Å²) in [5.74, 6) is -0.184. The fourth-order valence-electron chi connectivity index (χ4n) is 3.79. The Hall–Kier alpha value is -2.67.